The summed E-state index contributed by atoms with van der Waals surface area (Å²) in [7, 11) is 0. The van der Waals surface area contributed by atoms with Crippen LogP contribution in [-0.4, -0.2) is 20.9 Å². The molecule has 0 fully saturated rings. The molecule has 0 spiro atoms. The van der Waals surface area contributed by atoms with Gasteiger partial charge in [0.05, 0.1) is 0 Å². The largest absolute Gasteiger partial charge is 0.476 e. The van der Waals surface area contributed by atoms with Crippen molar-refractivity contribution in [1.29, 1.82) is 0 Å². The quantitative estimate of drug-likeness (QED) is 0.821. The van der Waals surface area contributed by atoms with Gasteiger partial charge in [-0.25, -0.2) is 4.79 Å². The van der Waals surface area contributed by atoms with Crippen LogP contribution in [0.4, 0.5) is 0 Å². The first-order valence-electron chi connectivity index (χ1n) is 5.56. The average molecular weight is 208 g/mol. The summed E-state index contributed by atoms with van der Waals surface area (Å²) < 4.78 is 1.90. The van der Waals surface area contributed by atoms with E-state index in [0.717, 1.165) is 49.9 Å². The summed E-state index contributed by atoms with van der Waals surface area (Å²) >= 11 is 0. The summed E-state index contributed by atoms with van der Waals surface area (Å²) in [6, 6.07) is 0. The SMILES string of the molecule is CCCCn1nc(C(=O)O)c2c1CCC2. The molecule has 2 rings (SSSR count). The first-order valence-corrected chi connectivity index (χ1v) is 5.56. The van der Waals surface area contributed by atoms with Crippen molar-refractivity contribution >= 4 is 5.97 Å². The zero-order valence-electron chi connectivity index (χ0n) is 8.99. The number of carbonyl (C=O) groups is 1. The van der Waals surface area contributed by atoms with Crippen LogP contribution in [0.3, 0.4) is 0 Å². The van der Waals surface area contributed by atoms with Crippen molar-refractivity contribution in [2.45, 2.75) is 45.6 Å². The van der Waals surface area contributed by atoms with Gasteiger partial charge in [-0.05, 0) is 25.7 Å². The highest BCUT2D eigenvalue weighted by Crippen LogP contribution is 2.25. The highest BCUT2D eigenvalue weighted by atomic mass is 16.4. The van der Waals surface area contributed by atoms with E-state index >= 15 is 0 Å². The van der Waals surface area contributed by atoms with Gasteiger partial charge in [0.1, 0.15) is 0 Å². The van der Waals surface area contributed by atoms with Gasteiger partial charge in [0, 0.05) is 17.8 Å². The van der Waals surface area contributed by atoms with E-state index in [1.165, 1.54) is 0 Å². The molecule has 0 unspecified atom stereocenters. The summed E-state index contributed by atoms with van der Waals surface area (Å²) in [6.07, 6.45) is 5.10. The number of aromatic carboxylic acids is 1. The smallest absolute Gasteiger partial charge is 0.356 e. The molecule has 1 aromatic heterocycles. The second-order valence-electron chi connectivity index (χ2n) is 4.01. The van der Waals surface area contributed by atoms with Gasteiger partial charge in [-0.15, -0.1) is 0 Å². The minimum Gasteiger partial charge on any atom is -0.476 e. The lowest BCUT2D eigenvalue weighted by Crippen LogP contribution is -2.06. The third-order valence-electron chi connectivity index (χ3n) is 2.93. The Balaban J connectivity index is 2.31. The lowest BCUT2D eigenvalue weighted by atomic mass is 10.2. The Morgan fingerprint density at radius 3 is 3.00 bits per heavy atom. The fourth-order valence-electron chi connectivity index (χ4n) is 2.17. The number of nitrogens with zero attached hydrogens (tertiary/aromatic N) is 2. The van der Waals surface area contributed by atoms with E-state index in [2.05, 4.69) is 12.0 Å². The van der Waals surface area contributed by atoms with E-state index in [1.807, 2.05) is 4.68 Å². The van der Waals surface area contributed by atoms with Crippen molar-refractivity contribution in [3.63, 3.8) is 0 Å². The molecule has 4 nitrogen and oxygen atoms in total. The predicted molar refractivity (Wildman–Crippen MR) is 56.1 cm³/mol. The maximum Gasteiger partial charge on any atom is 0.356 e. The molecule has 0 saturated heterocycles. The van der Waals surface area contributed by atoms with Crippen LogP contribution in [-0.2, 0) is 19.4 Å². The van der Waals surface area contributed by atoms with Crippen molar-refractivity contribution in [1.82, 2.24) is 9.78 Å². The Morgan fingerprint density at radius 1 is 1.53 bits per heavy atom. The fourth-order valence-corrected chi connectivity index (χ4v) is 2.17. The van der Waals surface area contributed by atoms with Gasteiger partial charge < -0.3 is 5.11 Å². The third-order valence-corrected chi connectivity index (χ3v) is 2.93. The van der Waals surface area contributed by atoms with Crippen molar-refractivity contribution in [3.05, 3.63) is 17.0 Å². The second kappa shape index (κ2) is 4.04. The summed E-state index contributed by atoms with van der Waals surface area (Å²) in [5.41, 5.74) is 2.40. The fraction of sp³-hybridized carbons (Fsp3) is 0.636. The summed E-state index contributed by atoms with van der Waals surface area (Å²) in [4.78, 5) is 11.0. The van der Waals surface area contributed by atoms with E-state index in [1.54, 1.807) is 0 Å². The lowest BCUT2D eigenvalue weighted by molar-refractivity contribution is 0.0688. The Kier molecular flexibility index (Phi) is 2.75. The molecule has 1 aliphatic carbocycles. The molecule has 15 heavy (non-hydrogen) atoms. The number of aromatic nitrogens is 2. The van der Waals surface area contributed by atoms with Gasteiger partial charge in [0.15, 0.2) is 5.69 Å². The Bertz CT molecular complexity index is 382. The van der Waals surface area contributed by atoms with Crippen LogP contribution in [0, 0.1) is 0 Å². The van der Waals surface area contributed by atoms with Crippen LogP contribution < -0.4 is 0 Å². The molecule has 0 aromatic carbocycles. The minimum absolute atomic E-state index is 0.276. The standard InChI is InChI=1S/C11H16N2O2/c1-2-3-7-13-9-6-4-5-8(9)10(12-13)11(14)15/h2-7H2,1H3,(H,14,15). The molecule has 0 atom stereocenters. The van der Waals surface area contributed by atoms with Gasteiger partial charge in [0.2, 0.25) is 0 Å². The Morgan fingerprint density at radius 2 is 2.33 bits per heavy atom. The number of carboxylic acid groups (broad SMARTS) is 1. The number of aryl methyl sites for hydroxylation is 1. The number of hydrogen-bond acceptors (Lipinski definition) is 2. The van der Waals surface area contributed by atoms with Crippen LogP contribution in [0.25, 0.3) is 0 Å². The van der Waals surface area contributed by atoms with Crippen LogP contribution >= 0.6 is 0 Å². The van der Waals surface area contributed by atoms with Crippen LogP contribution in [0.2, 0.25) is 0 Å². The van der Waals surface area contributed by atoms with Gasteiger partial charge in [-0.2, -0.15) is 5.10 Å². The Labute approximate surface area is 88.9 Å². The molecule has 1 N–H and O–H groups in total. The van der Waals surface area contributed by atoms with Crippen LogP contribution in [0.5, 0.6) is 0 Å². The first-order chi connectivity index (χ1) is 7.24. The van der Waals surface area contributed by atoms with Crippen molar-refractivity contribution in [3.8, 4) is 0 Å². The second-order valence-corrected chi connectivity index (χ2v) is 4.01. The molecule has 0 saturated carbocycles. The zero-order valence-corrected chi connectivity index (χ0v) is 8.99. The third kappa shape index (κ3) is 1.76. The van der Waals surface area contributed by atoms with E-state index in [-0.39, 0.29) is 5.69 Å². The number of hydrogen-bond donors (Lipinski definition) is 1. The molecular weight excluding hydrogens is 192 g/mol. The maximum atomic E-state index is 11.0. The highest BCUT2D eigenvalue weighted by molar-refractivity contribution is 5.87. The number of carboxylic acids is 1. The molecule has 0 aliphatic heterocycles. The molecule has 1 aliphatic rings. The molecule has 1 heterocycles. The normalized spacial score (nSPS) is 14.2. The van der Waals surface area contributed by atoms with Crippen molar-refractivity contribution < 1.29 is 9.90 Å². The molecule has 1 aromatic rings. The van der Waals surface area contributed by atoms with Crippen LogP contribution in [0.15, 0.2) is 0 Å². The van der Waals surface area contributed by atoms with E-state index < -0.39 is 5.97 Å². The average Bonchev–Trinajstić information content (AvgIpc) is 2.75. The summed E-state index contributed by atoms with van der Waals surface area (Å²) in [5, 5.41) is 13.2. The number of rotatable bonds is 4. The van der Waals surface area contributed by atoms with Gasteiger partial charge >= 0.3 is 5.97 Å². The number of fused-ring (bicyclic) bond motifs is 1. The monoisotopic (exact) mass is 208 g/mol. The van der Waals surface area contributed by atoms with Crippen molar-refractivity contribution in [2.75, 3.05) is 0 Å². The first kappa shape index (κ1) is 10.2. The maximum absolute atomic E-state index is 11.0. The molecule has 82 valence electrons. The molecular formula is C11H16N2O2. The molecule has 4 heteroatoms. The Hall–Kier alpha value is -1.32. The van der Waals surface area contributed by atoms with Gasteiger partial charge in [0.25, 0.3) is 0 Å². The topological polar surface area (TPSA) is 55.1 Å². The molecule has 0 bridgehead atoms. The van der Waals surface area contributed by atoms with E-state index in [4.69, 9.17) is 5.11 Å². The predicted octanol–water partition coefficient (Wildman–Crippen LogP) is 1.87. The molecule has 0 radical (unpaired) electrons. The minimum atomic E-state index is -0.886. The highest BCUT2D eigenvalue weighted by Gasteiger charge is 2.25. The van der Waals surface area contributed by atoms with Gasteiger partial charge in [-0.3, -0.25) is 4.68 Å². The van der Waals surface area contributed by atoms with E-state index in [0.29, 0.717) is 0 Å². The zero-order chi connectivity index (χ0) is 10.8. The van der Waals surface area contributed by atoms with E-state index in [9.17, 15) is 4.79 Å². The lowest BCUT2D eigenvalue weighted by Gasteiger charge is -2.03. The van der Waals surface area contributed by atoms with Crippen LogP contribution in [0.1, 0.15) is 47.9 Å². The van der Waals surface area contributed by atoms with Crippen molar-refractivity contribution in [2.24, 2.45) is 0 Å². The summed E-state index contributed by atoms with van der Waals surface area (Å²) in [6.45, 7) is 2.98. The van der Waals surface area contributed by atoms with Gasteiger partial charge in [-0.1, -0.05) is 13.3 Å². The summed E-state index contributed by atoms with van der Waals surface area (Å²) in [5.74, 6) is -0.886. The molecule has 0 amide bonds. The number of unbranched alkanes of at least 4 members (excludes halogenated alkanes) is 1.